The van der Waals surface area contributed by atoms with Gasteiger partial charge in [-0.2, -0.15) is 8.78 Å². The highest BCUT2D eigenvalue weighted by Crippen LogP contribution is 2.34. The third-order valence-corrected chi connectivity index (χ3v) is 5.21. The van der Waals surface area contributed by atoms with Crippen LogP contribution in [-0.4, -0.2) is 13.2 Å². The monoisotopic (exact) mass is 375 g/mol. The summed E-state index contributed by atoms with van der Waals surface area (Å²) < 4.78 is 29.8. The third-order valence-electron chi connectivity index (χ3n) is 3.01. The van der Waals surface area contributed by atoms with Crippen LogP contribution >= 0.6 is 27.3 Å². The molecule has 0 amide bonds. The van der Waals surface area contributed by atoms with Gasteiger partial charge in [-0.1, -0.05) is 19.1 Å². The molecule has 0 aliphatic carbocycles. The van der Waals surface area contributed by atoms with Gasteiger partial charge in [-0.05, 0) is 58.7 Å². The Morgan fingerprint density at radius 3 is 2.43 bits per heavy atom. The first kappa shape index (κ1) is 16.4. The van der Waals surface area contributed by atoms with Crippen molar-refractivity contribution < 1.29 is 13.5 Å². The Morgan fingerprint density at radius 2 is 1.95 bits per heavy atom. The van der Waals surface area contributed by atoms with Gasteiger partial charge in [0.15, 0.2) is 0 Å². The van der Waals surface area contributed by atoms with Crippen LogP contribution in [0.2, 0.25) is 0 Å². The molecule has 2 rings (SSSR count). The summed E-state index contributed by atoms with van der Waals surface area (Å²) in [5.74, 6) is 0.174. The van der Waals surface area contributed by atoms with E-state index in [0.717, 1.165) is 15.9 Å². The fourth-order valence-corrected chi connectivity index (χ4v) is 3.73. The smallest absolute Gasteiger partial charge is 0.387 e. The summed E-state index contributed by atoms with van der Waals surface area (Å²) in [5.41, 5.74) is 2.21. The average Bonchev–Trinajstić information content (AvgIpc) is 2.76. The van der Waals surface area contributed by atoms with Crippen molar-refractivity contribution in [2.24, 2.45) is 0 Å². The van der Waals surface area contributed by atoms with Crippen LogP contribution < -0.4 is 10.1 Å². The molecule has 0 fully saturated rings. The Balaban J connectivity index is 2.25. The summed E-state index contributed by atoms with van der Waals surface area (Å²) >= 11 is 5.21. The quantitative estimate of drug-likeness (QED) is 0.756. The number of alkyl halides is 2. The average molecular weight is 376 g/mol. The zero-order chi connectivity index (χ0) is 15.4. The van der Waals surface area contributed by atoms with E-state index in [4.69, 9.17) is 0 Å². The number of hydrogen-bond acceptors (Lipinski definition) is 3. The molecule has 0 saturated carbocycles. The lowest BCUT2D eigenvalue weighted by Crippen LogP contribution is -2.21. The summed E-state index contributed by atoms with van der Waals surface area (Å²) in [7, 11) is 0. The number of nitrogens with one attached hydrogen (secondary N) is 1. The first-order chi connectivity index (χ1) is 10.0. The Kier molecular flexibility index (Phi) is 5.72. The van der Waals surface area contributed by atoms with Crippen molar-refractivity contribution in [3.05, 3.63) is 50.1 Å². The molecule has 0 radical (unpaired) electrons. The maximum absolute atomic E-state index is 12.2. The molecule has 0 saturated heterocycles. The molecule has 6 heteroatoms. The van der Waals surface area contributed by atoms with E-state index in [1.165, 1.54) is 10.4 Å². The third kappa shape index (κ3) is 4.25. The predicted molar refractivity (Wildman–Crippen MR) is 85.3 cm³/mol. The van der Waals surface area contributed by atoms with Gasteiger partial charge < -0.3 is 10.1 Å². The predicted octanol–water partition coefficient (Wildman–Crippen LogP) is 5.12. The van der Waals surface area contributed by atoms with Crippen molar-refractivity contribution in [3.63, 3.8) is 0 Å². The number of rotatable bonds is 6. The van der Waals surface area contributed by atoms with Gasteiger partial charge in [0.2, 0.25) is 0 Å². The molecule has 0 bridgehead atoms. The van der Waals surface area contributed by atoms with Gasteiger partial charge in [-0.3, -0.25) is 0 Å². The van der Waals surface area contributed by atoms with Crippen molar-refractivity contribution >= 4 is 27.3 Å². The highest BCUT2D eigenvalue weighted by atomic mass is 79.9. The summed E-state index contributed by atoms with van der Waals surface area (Å²) in [6.07, 6.45) is 0. The second-order valence-corrected chi connectivity index (χ2v) is 6.95. The Hall–Kier alpha value is -0.980. The van der Waals surface area contributed by atoms with Gasteiger partial charge in [-0.25, -0.2) is 0 Å². The van der Waals surface area contributed by atoms with Crippen molar-refractivity contribution in [1.29, 1.82) is 0 Å². The fraction of sp³-hybridized carbons (Fsp3) is 0.333. The molecule has 1 atom stereocenters. The number of aryl methyl sites for hydroxylation is 1. The minimum absolute atomic E-state index is 0.0469. The van der Waals surface area contributed by atoms with E-state index in [-0.39, 0.29) is 11.8 Å². The van der Waals surface area contributed by atoms with Crippen LogP contribution in [-0.2, 0) is 0 Å². The van der Waals surface area contributed by atoms with E-state index in [0.29, 0.717) is 0 Å². The van der Waals surface area contributed by atoms with Gasteiger partial charge in [0.05, 0.1) is 9.83 Å². The Morgan fingerprint density at radius 1 is 1.29 bits per heavy atom. The van der Waals surface area contributed by atoms with Gasteiger partial charge in [0.25, 0.3) is 0 Å². The van der Waals surface area contributed by atoms with Crippen LogP contribution in [0.5, 0.6) is 5.75 Å². The number of ether oxygens (including phenoxy) is 1. The summed E-state index contributed by atoms with van der Waals surface area (Å²) in [5, 5.41) is 3.42. The van der Waals surface area contributed by atoms with Crippen LogP contribution in [0.4, 0.5) is 8.78 Å². The van der Waals surface area contributed by atoms with Crippen molar-refractivity contribution in [3.8, 4) is 5.75 Å². The van der Waals surface area contributed by atoms with Crippen molar-refractivity contribution in [2.45, 2.75) is 26.5 Å². The van der Waals surface area contributed by atoms with Crippen LogP contribution in [0.1, 0.15) is 29.0 Å². The number of halogens is 3. The summed E-state index contributed by atoms with van der Waals surface area (Å²) in [6, 6.07) is 8.95. The number of hydrogen-bond donors (Lipinski definition) is 1. The minimum Gasteiger partial charge on any atom is -0.435 e. The number of thiophene rings is 1. The van der Waals surface area contributed by atoms with Crippen molar-refractivity contribution in [2.75, 3.05) is 6.54 Å². The SMILES string of the molecule is CCNC(c1ccc(OC(F)F)cc1)c1cc(C)c(Br)s1. The fourth-order valence-electron chi connectivity index (χ4n) is 2.05. The first-order valence-corrected chi connectivity index (χ1v) is 8.16. The topological polar surface area (TPSA) is 21.3 Å². The molecule has 2 nitrogen and oxygen atoms in total. The van der Waals surface area contributed by atoms with Crippen LogP contribution in [0, 0.1) is 6.92 Å². The molecule has 1 aromatic heterocycles. The molecular weight excluding hydrogens is 360 g/mol. The van der Waals surface area contributed by atoms with Crippen LogP contribution in [0.25, 0.3) is 0 Å². The molecule has 21 heavy (non-hydrogen) atoms. The molecular formula is C15H16BrF2NOS. The molecule has 114 valence electrons. The molecule has 1 aromatic carbocycles. The lowest BCUT2D eigenvalue weighted by Gasteiger charge is -2.17. The van der Waals surface area contributed by atoms with Gasteiger partial charge in [0.1, 0.15) is 5.75 Å². The largest absolute Gasteiger partial charge is 0.435 e. The molecule has 1 N–H and O–H groups in total. The molecule has 0 aliphatic heterocycles. The molecule has 2 aromatic rings. The lowest BCUT2D eigenvalue weighted by atomic mass is 10.0. The first-order valence-electron chi connectivity index (χ1n) is 6.55. The highest BCUT2D eigenvalue weighted by molar-refractivity contribution is 9.11. The molecule has 1 unspecified atom stereocenters. The Labute approximate surface area is 135 Å². The maximum atomic E-state index is 12.2. The zero-order valence-corrected chi connectivity index (χ0v) is 14.1. The van der Waals surface area contributed by atoms with E-state index in [1.54, 1.807) is 23.5 Å². The second-order valence-electron chi connectivity index (χ2n) is 4.54. The van der Waals surface area contributed by atoms with Crippen molar-refractivity contribution in [1.82, 2.24) is 5.32 Å². The van der Waals surface area contributed by atoms with Gasteiger partial charge in [0, 0.05) is 4.88 Å². The van der Waals surface area contributed by atoms with Crippen LogP contribution in [0.3, 0.4) is 0 Å². The normalized spacial score (nSPS) is 12.7. The maximum Gasteiger partial charge on any atom is 0.387 e. The van der Waals surface area contributed by atoms with E-state index < -0.39 is 6.61 Å². The standard InChI is InChI=1S/C15H16BrF2NOS/c1-3-19-13(12-8-9(2)14(16)21-12)10-4-6-11(7-5-10)20-15(17)18/h4-8,13,15,19H,3H2,1-2H3. The van der Waals surface area contributed by atoms with E-state index in [2.05, 4.69) is 32.0 Å². The minimum atomic E-state index is -2.80. The Bertz CT molecular complexity index is 566. The van der Waals surface area contributed by atoms with Crippen LogP contribution in [0.15, 0.2) is 34.1 Å². The molecule has 0 spiro atoms. The van der Waals surface area contributed by atoms with Gasteiger partial charge in [-0.15, -0.1) is 11.3 Å². The summed E-state index contributed by atoms with van der Waals surface area (Å²) in [4.78, 5) is 1.18. The number of benzene rings is 1. The molecule has 0 aliphatic rings. The molecule has 1 heterocycles. The second kappa shape index (κ2) is 7.33. The van der Waals surface area contributed by atoms with Gasteiger partial charge >= 0.3 is 6.61 Å². The van der Waals surface area contributed by atoms with E-state index in [1.807, 2.05) is 26.0 Å². The summed E-state index contributed by atoms with van der Waals surface area (Å²) in [6.45, 7) is 2.11. The zero-order valence-electron chi connectivity index (χ0n) is 11.7. The lowest BCUT2D eigenvalue weighted by molar-refractivity contribution is -0.0498. The van der Waals surface area contributed by atoms with E-state index in [9.17, 15) is 8.78 Å². The van der Waals surface area contributed by atoms with E-state index >= 15 is 0 Å². The highest BCUT2D eigenvalue weighted by Gasteiger charge is 2.17.